The van der Waals surface area contributed by atoms with Gasteiger partial charge in [-0.2, -0.15) is 0 Å². The van der Waals surface area contributed by atoms with Gasteiger partial charge in [0, 0.05) is 0 Å². The molecule has 0 amide bonds. The second-order valence-corrected chi connectivity index (χ2v) is 1.27. The van der Waals surface area contributed by atoms with E-state index in [4.69, 9.17) is 0 Å². The molecule has 0 unspecified atom stereocenters. The van der Waals surface area contributed by atoms with Gasteiger partial charge >= 0.3 is 0 Å². The van der Waals surface area contributed by atoms with Crippen LogP contribution >= 0.6 is 0 Å². The minimum atomic E-state index is -0.232. The first-order chi connectivity index (χ1) is 3.81. The molecule has 1 heteroatoms. The van der Waals surface area contributed by atoms with Crippen molar-refractivity contribution < 1.29 is 4.39 Å². The molecule has 0 heterocycles. The highest BCUT2D eigenvalue weighted by atomic mass is 19.1. The number of allylic oxidation sites excluding steroid dienone is 5. The van der Waals surface area contributed by atoms with Crippen LogP contribution in [0, 0.1) is 0 Å². The topological polar surface area (TPSA) is 0 Å². The van der Waals surface area contributed by atoms with Gasteiger partial charge < -0.3 is 0 Å². The summed E-state index contributed by atoms with van der Waals surface area (Å²) in [6.07, 6.45) is 5.82. The molecule has 0 saturated carbocycles. The largest absolute Gasteiger partial charge is 0.207 e. The van der Waals surface area contributed by atoms with Crippen LogP contribution in [0.2, 0.25) is 0 Å². The minimum Gasteiger partial charge on any atom is -0.207 e. The highest BCUT2D eigenvalue weighted by Crippen LogP contribution is 1.95. The fourth-order valence-electron chi connectivity index (χ4n) is 0.256. The monoisotopic (exact) mass is 112 g/mol. The van der Waals surface area contributed by atoms with E-state index in [1.54, 1.807) is 13.0 Å². The lowest BCUT2D eigenvalue weighted by atomic mass is 10.4. The Morgan fingerprint density at radius 3 is 2.62 bits per heavy atom. The van der Waals surface area contributed by atoms with Crippen LogP contribution in [0.15, 0.2) is 36.7 Å². The Hall–Kier alpha value is -0.850. The molecule has 0 aliphatic carbocycles. The van der Waals surface area contributed by atoms with Gasteiger partial charge in [-0.3, -0.25) is 0 Å². The van der Waals surface area contributed by atoms with Gasteiger partial charge in [-0.1, -0.05) is 24.8 Å². The van der Waals surface area contributed by atoms with Crippen LogP contribution in [-0.4, -0.2) is 0 Å². The van der Waals surface area contributed by atoms with Crippen LogP contribution in [0.5, 0.6) is 0 Å². The summed E-state index contributed by atoms with van der Waals surface area (Å²) in [7, 11) is 0. The zero-order valence-electron chi connectivity index (χ0n) is 4.89. The van der Waals surface area contributed by atoms with Crippen LogP contribution in [0.3, 0.4) is 0 Å². The first kappa shape index (κ1) is 7.15. The summed E-state index contributed by atoms with van der Waals surface area (Å²) >= 11 is 0. The summed E-state index contributed by atoms with van der Waals surface area (Å²) in [5.74, 6) is -0.232. The van der Waals surface area contributed by atoms with Crippen LogP contribution in [0.25, 0.3) is 0 Å². The minimum absolute atomic E-state index is 0.232. The lowest BCUT2D eigenvalue weighted by molar-refractivity contribution is 0.665. The van der Waals surface area contributed by atoms with E-state index < -0.39 is 0 Å². The van der Waals surface area contributed by atoms with E-state index in [2.05, 4.69) is 6.58 Å². The molecule has 0 saturated heterocycles. The Bertz CT molecular complexity index is 120. The molecule has 0 aliphatic heterocycles. The summed E-state index contributed by atoms with van der Waals surface area (Å²) in [4.78, 5) is 0. The Morgan fingerprint density at radius 1 is 1.62 bits per heavy atom. The number of halogens is 1. The quantitative estimate of drug-likeness (QED) is 0.481. The van der Waals surface area contributed by atoms with Gasteiger partial charge in [0.1, 0.15) is 5.83 Å². The molecule has 0 rings (SSSR count). The Labute approximate surface area is 49.0 Å². The molecule has 0 fully saturated rings. The van der Waals surface area contributed by atoms with Crippen molar-refractivity contribution in [3.05, 3.63) is 36.7 Å². The standard InChI is InChI=1S/C7H9F/c1-3-5-6-7(8)4-2/h3-6H,1H2,2H3/b6-5-,7-4+. The molecular weight excluding hydrogens is 103 g/mol. The first-order valence-electron chi connectivity index (χ1n) is 2.42. The van der Waals surface area contributed by atoms with Crippen molar-refractivity contribution in [2.75, 3.05) is 0 Å². The molecule has 0 aromatic carbocycles. The Morgan fingerprint density at radius 2 is 2.25 bits per heavy atom. The lowest BCUT2D eigenvalue weighted by Gasteiger charge is -1.77. The number of rotatable bonds is 2. The average molecular weight is 112 g/mol. The predicted molar refractivity (Wildman–Crippen MR) is 34.2 cm³/mol. The summed E-state index contributed by atoms with van der Waals surface area (Å²) in [6, 6.07) is 0. The van der Waals surface area contributed by atoms with Gasteiger partial charge in [0.2, 0.25) is 0 Å². The van der Waals surface area contributed by atoms with Crippen molar-refractivity contribution in [2.45, 2.75) is 6.92 Å². The first-order valence-corrected chi connectivity index (χ1v) is 2.42. The maximum absolute atomic E-state index is 12.0. The molecular formula is C7H9F. The van der Waals surface area contributed by atoms with Crippen LogP contribution in [-0.2, 0) is 0 Å². The summed E-state index contributed by atoms with van der Waals surface area (Å²) < 4.78 is 12.0. The van der Waals surface area contributed by atoms with Gasteiger partial charge in [0.25, 0.3) is 0 Å². The van der Waals surface area contributed by atoms with Gasteiger partial charge in [0.05, 0.1) is 0 Å². The van der Waals surface area contributed by atoms with Gasteiger partial charge in [0.15, 0.2) is 0 Å². The number of hydrogen-bond donors (Lipinski definition) is 0. The molecule has 8 heavy (non-hydrogen) atoms. The lowest BCUT2D eigenvalue weighted by Crippen LogP contribution is -1.58. The molecule has 0 bridgehead atoms. The third-order valence-corrected chi connectivity index (χ3v) is 0.667. The van der Waals surface area contributed by atoms with Crippen LogP contribution < -0.4 is 0 Å². The van der Waals surface area contributed by atoms with Gasteiger partial charge in [-0.25, -0.2) is 4.39 Å². The molecule has 0 atom stereocenters. The van der Waals surface area contributed by atoms with Gasteiger partial charge in [-0.15, -0.1) is 0 Å². The van der Waals surface area contributed by atoms with E-state index in [1.807, 2.05) is 0 Å². The summed E-state index contributed by atoms with van der Waals surface area (Å²) in [6.45, 7) is 5.03. The second-order valence-electron chi connectivity index (χ2n) is 1.27. The summed E-state index contributed by atoms with van der Waals surface area (Å²) in [5, 5.41) is 0. The summed E-state index contributed by atoms with van der Waals surface area (Å²) in [5.41, 5.74) is 0. The van der Waals surface area contributed by atoms with Crippen molar-refractivity contribution in [1.82, 2.24) is 0 Å². The smallest absolute Gasteiger partial charge is 0.118 e. The van der Waals surface area contributed by atoms with Crippen molar-refractivity contribution in [1.29, 1.82) is 0 Å². The fourth-order valence-corrected chi connectivity index (χ4v) is 0.256. The highest BCUT2D eigenvalue weighted by Gasteiger charge is 1.76. The highest BCUT2D eigenvalue weighted by molar-refractivity contribution is 5.14. The van der Waals surface area contributed by atoms with Crippen molar-refractivity contribution in [3.8, 4) is 0 Å². The van der Waals surface area contributed by atoms with E-state index in [-0.39, 0.29) is 5.83 Å². The zero-order valence-corrected chi connectivity index (χ0v) is 4.89. The number of hydrogen-bond acceptors (Lipinski definition) is 0. The van der Waals surface area contributed by atoms with Crippen LogP contribution in [0.1, 0.15) is 6.92 Å². The maximum Gasteiger partial charge on any atom is 0.118 e. The van der Waals surface area contributed by atoms with Gasteiger partial charge in [-0.05, 0) is 13.0 Å². The van der Waals surface area contributed by atoms with E-state index >= 15 is 0 Å². The third-order valence-electron chi connectivity index (χ3n) is 0.667. The Balaban J connectivity index is 3.69. The average Bonchev–Trinajstić information content (AvgIpc) is 1.83. The molecule has 0 spiro atoms. The van der Waals surface area contributed by atoms with Crippen molar-refractivity contribution in [2.24, 2.45) is 0 Å². The van der Waals surface area contributed by atoms with Crippen molar-refractivity contribution >= 4 is 0 Å². The molecule has 0 aromatic heterocycles. The SMILES string of the molecule is C=C/C=C\C(F)=C/C. The second kappa shape index (κ2) is 4.31. The van der Waals surface area contributed by atoms with Crippen molar-refractivity contribution in [3.63, 3.8) is 0 Å². The molecule has 0 nitrogen and oxygen atoms in total. The van der Waals surface area contributed by atoms with E-state index in [0.29, 0.717) is 0 Å². The molecule has 0 aromatic rings. The van der Waals surface area contributed by atoms with E-state index in [1.165, 1.54) is 18.2 Å². The molecule has 0 N–H and O–H groups in total. The third kappa shape index (κ3) is 3.34. The molecule has 0 radical (unpaired) electrons. The Kier molecular flexibility index (Phi) is 3.85. The normalized spacial score (nSPS) is 12.5. The zero-order chi connectivity index (χ0) is 6.41. The van der Waals surface area contributed by atoms with Crippen LogP contribution in [0.4, 0.5) is 4.39 Å². The van der Waals surface area contributed by atoms with E-state index in [0.717, 1.165) is 0 Å². The molecule has 0 aliphatic rings. The maximum atomic E-state index is 12.0. The van der Waals surface area contributed by atoms with E-state index in [9.17, 15) is 4.39 Å². The fraction of sp³-hybridized carbons (Fsp3) is 0.143. The predicted octanol–water partition coefficient (Wildman–Crippen LogP) is 2.60. The molecule has 44 valence electrons.